The van der Waals surface area contributed by atoms with Gasteiger partial charge in [0.05, 0.1) is 6.26 Å². The van der Waals surface area contributed by atoms with Gasteiger partial charge in [-0.2, -0.15) is 0 Å². The van der Waals surface area contributed by atoms with Gasteiger partial charge in [-0.1, -0.05) is 0 Å². The van der Waals surface area contributed by atoms with E-state index >= 15 is 0 Å². The van der Waals surface area contributed by atoms with Crippen molar-refractivity contribution in [2.45, 2.75) is 0 Å². The molecule has 0 saturated heterocycles. The summed E-state index contributed by atoms with van der Waals surface area (Å²) in [6.07, 6.45) is 4.83. The lowest BCUT2D eigenvalue weighted by Gasteiger charge is -1.90. The van der Waals surface area contributed by atoms with Crippen LogP contribution in [0.5, 0.6) is 0 Å². The summed E-state index contributed by atoms with van der Waals surface area (Å²) >= 11 is 0. The van der Waals surface area contributed by atoms with Crippen molar-refractivity contribution in [3.63, 3.8) is 0 Å². The summed E-state index contributed by atoms with van der Waals surface area (Å²) in [6, 6.07) is 3.30. The second kappa shape index (κ2) is 3.51. The molecule has 0 aliphatic carbocycles. The fraction of sp³-hybridized carbons (Fsp3) is 0. The van der Waals surface area contributed by atoms with Gasteiger partial charge in [0.15, 0.2) is 5.78 Å². The smallest absolute Gasteiger partial charge is 0.190 e. The van der Waals surface area contributed by atoms with Crippen LogP contribution in [0.1, 0.15) is 10.4 Å². The Kier molecular flexibility index (Phi) is 2.38. The molecule has 0 saturated carbocycles. The molecule has 3 heteroatoms. The average Bonchev–Trinajstić information content (AvgIpc) is 2.07. The van der Waals surface area contributed by atoms with Gasteiger partial charge in [-0.05, 0) is 12.1 Å². The maximum absolute atomic E-state index is 11.0. The number of ketones is 1. The number of aromatic nitrogens is 1. The number of hydrogen-bond acceptors (Lipinski definition) is 3. The topological polar surface area (TPSA) is 50.2 Å². The fourth-order valence-electron chi connectivity index (χ4n) is 0.672. The minimum absolute atomic E-state index is 0.249. The van der Waals surface area contributed by atoms with Crippen molar-refractivity contribution >= 4 is 5.78 Å². The minimum atomic E-state index is -0.249. The van der Waals surface area contributed by atoms with Crippen LogP contribution in [-0.2, 0) is 0 Å². The molecule has 0 aliphatic rings. The normalized spacial score (nSPS) is 10.2. The number of allylic oxidation sites excluding steroid dienone is 1. The Morgan fingerprint density at radius 3 is 3.00 bits per heavy atom. The molecule has 1 aromatic heterocycles. The van der Waals surface area contributed by atoms with Gasteiger partial charge in [-0.3, -0.25) is 9.78 Å². The van der Waals surface area contributed by atoms with Crippen molar-refractivity contribution < 1.29 is 9.90 Å². The highest BCUT2D eigenvalue weighted by molar-refractivity contribution is 6.04. The molecule has 0 aromatic carbocycles. The Balaban J connectivity index is 2.86. The summed E-state index contributed by atoms with van der Waals surface area (Å²) in [5.74, 6) is -0.249. The number of aliphatic hydroxyl groups excluding tert-OH is 1. The molecule has 0 unspecified atom stereocenters. The highest BCUT2D eigenvalue weighted by Crippen LogP contribution is 1.97. The summed E-state index contributed by atoms with van der Waals surface area (Å²) in [6.45, 7) is 0. The number of carbonyl (C=O) groups is 1. The van der Waals surface area contributed by atoms with Crippen molar-refractivity contribution in [3.05, 3.63) is 42.4 Å². The monoisotopic (exact) mass is 149 g/mol. The van der Waals surface area contributed by atoms with Crippen LogP contribution in [0.4, 0.5) is 0 Å². The summed E-state index contributed by atoms with van der Waals surface area (Å²) in [5.41, 5.74) is 0.470. The molecule has 3 nitrogen and oxygen atoms in total. The van der Waals surface area contributed by atoms with Crippen molar-refractivity contribution in [2.24, 2.45) is 0 Å². The average molecular weight is 149 g/mol. The molecule has 0 atom stereocenters. The second-order valence-corrected chi connectivity index (χ2v) is 1.92. The van der Waals surface area contributed by atoms with Gasteiger partial charge >= 0.3 is 0 Å². The van der Waals surface area contributed by atoms with Gasteiger partial charge in [0.25, 0.3) is 0 Å². The number of hydrogen-bond donors (Lipinski definition) is 1. The van der Waals surface area contributed by atoms with Gasteiger partial charge in [0.1, 0.15) is 0 Å². The maximum atomic E-state index is 11.0. The summed E-state index contributed by atoms with van der Waals surface area (Å²) in [4.78, 5) is 14.7. The zero-order chi connectivity index (χ0) is 8.10. The van der Waals surface area contributed by atoms with E-state index in [1.807, 2.05) is 0 Å². The number of rotatable bonds is 2. The molecule has 1 heterocycles. The number of carbonyl (C=O) groups excluding carboxylic acids is 1. The highest BCUT2D eigenvalue weighted by Gasteiger charge is 1.98. The molecule has 0 bridgehead atoms. The Morgan fingerprint density at radius 1 is 1.64 bits per heavy atom. The third kappa shape index (κ3) is 1.89. The first kappa shape index (κ1) is 7.47. The van der Waals surface area contributed by atoms with Gasteiger partial charge < -0.3 is 5.11 Å². The van der Waals surface area contributed by atoms with E-state index in [2.05, 4.69) is 4.98 Å². The van der Waals surface area contributed by atoms with Crippen LogP contribution < -0.4 is 0 Å². The standard InChI is InChI=1S/C8H7NO2/c10-5-3-8(11)7-2-1-4-9-6-7/h1-6,10H. The van der Waals surface area contributed by atoms with Crippen LogP contribution in [-0.4, -0.2) is 15.9 Å². The van der Waals surface area contributed by atoms with Crippen LogP contribution in [0.2, 0.25) is 0 Å². The lowest BCUT2D eigenvalue weighted by Crippen LogP contribution is -1.93. The third-order valence-electron chi connectivity index (χ3n) is 1.17. The first-order valence-corrected chi connectivity index (χ1v) is 3.09. The van der Waals surface area contributed by atoms with E-state index in [9.17, 15) is 4.79 Å². The SMILES string of the molecule is O=C(C=CO)c1cccnc1. The van der Waals surface area contributed by atoms with E-state index in [0.717, 1.165) is 12.3 Å². The van der Waals surface area contributed by atoms with E-state index in [0.29, 0.717) is 5.56 Å². The van der Waals surface area contributed by atoms with E-state index in [4.69, 9.17) is 5.11 Å². The first-order chi connectivity index (χ1) is 5.34. The van der Waals surface area contributed by atoms with Crippen LogP contribution in [0, 0.1) is 0 Å². The summed E-state index contributed by atoms with van der Waals surface area (Å²) in [5, 5.41) is 8.28. The molecule has 0 amide bonds. The Labute approximate surface area is 64.0 Å². The second-order valence-electron chi connectivity index (χ2n) is 1.92. The van der Waals surface area contributed by atoms with Crippen LogP contribution in [0.3, 0.4) is 0 Å². The molecule has 1 rings (SSSR count). The number of aliphatic hydroxyl groups is 1. The van der Waals surface area contributed by atoms with Crippen molar-refractivity contribution in [3.8, 4) is 0 Å². The Bertz CT molecular complexity index is 267. The zero-order valence-corrected chi connectivity index (χ0v) is 5.77. The van der Waals surface area contributed by atoms with Crippen molar-refractivity contribution in [2.75, 3.05) is 0 Å². The van der Waals surface area contributed by atoms with E-state index in [1.54, 1.807) is 18.3 Å². The van der Waals surface area contributed by atoms with E-state index < -0.39 is 0 Å². The summed E-state index contributed by atoms with van der Waals surface area (Å²) in [7, 11) is 0. The molecule has 1 aromatic rings. The van der Waals surface area contributed by atoms with Gasteiger partial charge in [-0.15, -0.1) is 0 Å². The van der Waals surface area contributed by atoms with Crippen LogP contribution in [0.25, 0.3) is 0 Å². The molecule has 1 N–H and O–H groups in total. The van der Waals surface area contributed by atoms with E-state index in [-0.39, 0.29) is 5.78 Å². The lowest BCUT2D eigenvalue weighted by molar-refractivity contribution is 0.104. The molecule has 11 heavy (non-hydrogen) atoms. The molecular weight excluding hydrogens is 142 g/mol. The maximum Gasteiger partial charge on any atom is 0.190 e. The largest absolute Gasteiger partial charge is 0.515 e. The Morgan fingerprint density at radius 2 is 2.45 bits per heavy atom. The van der Waals surface area contributed by atoms with Crippen LogP contribution >= 0.6 is 0 Å². The fourth-order valence-corrected chi connectivity index (χ4v) is 0.672. The predicted octanol–water partition coefficient (Wildman–Crippen LogP) is 1.34. The predicted molar refractivity (Wildman–Crippen MR) is 40.3 cm³/mol. The Hall–Kier alpha value is -1.64. The molecule has 0 aliphatic heterocycles. The molecular formula is C8H7NO2. The minimum Gasteiger partial charge on any atom is -0.515 e. The van der Waals surface area contributed by atoms with Gasteiger partial charge in [0, 0.05) is 24.0 Å². The summed E-state index contributed by atoms with van der Waals surface area (Å²) < 4.78 is 0. The number of pyridine rings is 1. The van der Waals surface area contributed by atoms with Crippen molar-refractivity contribution in [1.29, 1.82) is 0 Å². The first-order valence-electron chi connectivity index (χ1n) is 3.09. The zero-order valence-electron chi connectivity index (χ0n) is 5.77. The molecule has 56 valence electrons. The van der Waals surface area contributed by atoms with Crippen LogP contribution in [0.15, 0.2) is 36.9 Å². The third-order valence-corrected chi connectivity index (χ3v) is 1.17. The quantitative estimate of drug-likeness (QED) is 0.392. The highest BCUT2D eigenvalue weighted by atomic mass is 16.2. The molecule has 0 spiro atoms. The molecule has 0 fully saturated rings. The van der Waals surface area contributed by atoms with E-state index in [1.165, 1.54) is 6.20 Å². The van der Waals surface area contributed by atoms with Gasteiger partial charge in [0.2, 0.25) is 0 Å². The van der Waals surface area contributed by atoms with Crippen molar-refractivity contribution in [1.82, 2.24) is 4.98 Å². The molecule has 0 radical (unpaired) electrons. The number of nitrogens with zero attached hydrogens (tertiary/aromatic N) is 1. The van der Waals surface area contributed by atoms with Gasteiger partial charge in [-0.25, -0.2) is 0 Å². The lowest BCUT2D eigenvalue weighted by atomic mass is 10.2.